The Labute approximate surface area is 260 Å². The van der Waals surface area contributed by atoms with Gasteiger partial charge in [-0.2, -0.15) is 0 Å². The molecule has 3 aromatic carbocycles. The number of hydrogen-bond donors (Lipinski definition) is 2. The third-order valence-corrected chi connectivity index (χ3v) is 8.59. The molecule has 1 saturated carbocycles. The van der Waals surface area contributed by atoms with Crippen molar-refractivity contribution in [1.82, 2.24) is 5.32 Å². The number of hydrogen-bond acceptors (Lipinski definition) is 6. The van der Waals surface area contributed by atoms with Crippen LogP contribution < -0.4 is 10.1 Å². The number of nitrogens with zero attached hydrogens (tertiary/aromatic N) is 4. The molecule has 2 N–H and O–H groups in total. The van der Waals surface area contributed by atoms with Crippen LogP contribution in [0.1, 0.15) is 61.3 Å². The third-order valence-electron chi connectivity index (χ3n) is 8.06. The van der Waals surface area contributed by atoms with Crippen molar-refractivity contribution in [2.24, 2.45) is 16.0 Å². The average molecular weight is 647 g/mol. The van der Waals surface area contributed by atoms with Crippen LogP contribution in [0.4, 0.5) is 5.69 Å². The number of benzene rings is 3. The van der Waals surface area contributed by atoms with Gasteiger partial charge in [-0.3, -0.25) is 4.79 Å². The van der Waals surface area contributed by atoms with Gasteiger partial charge in [0.15, 0.2) is 11.6 Å². The van der Waals surface area contributed by atoms with Gasteiger partial charge >= 0.3 is 0 Å². The minimum atomic E-state index is -1.37. The highest BCUT2D eigenvalue weighted by Crippen LogP contribution is 2.45. The van der Waals surface area contributed by atoms with E-state index >= 15 is 0 Å². The zero-order valence-corrected chi connectivity index (χ0v) is 25.6. The molecule has 10 heteroatoms. The molecule has 2 atom stereocenters. The molecule has 0 spiro atoms. The molecule has 3 aromatic rings. The van der Waals surface area contributed by atoms with Gasteiger partial charge in [-0.25, -0.2) is 4.99 Å². The van der Waals surface area contributed by atoms with Crippen molar-refractivity contribution in [3.8, 4) is 5.75 Å². The molecule has 1 aliphatic carbocycles. The van der Waals surface area contributed by atoms with Crippen LogP contribution in [0.25, 0.3) is 10.4 Å². The normalized spacial score (nSPS) is 20.0. The summed E-state index contributed by atoms with van der Waals surface area (Å²) in [6, 6.07) is 22.4. The van der Waals surface area contributed by atoms with Crippen LogP contribution in [0, 0.1) is 5.92 Å². The molecule has 1 fully saturated rings. The van der Waals surface area contributed by atoms with E-state index in [2.05, 4.69) is 31.3 Å². The van der Waals surface area contributed by atoms with E-state index in [1.807, 2.05) is 60.7 Å². The summed E-state index contributed by atoms with van der Waals surface area (Å²) in [5, 5.41) is 16.2. The van der Waals surface area contributed by atoms with Gasteiger partial charge in [-0.05, 0) is 66.3 Å². The van der Waals surface area contributed by atoms with E-state index in [-0.39, 0.29) is 18.9 Å². The molecule has 1 aliphatic heterocycles. The van der Waals surface area contributed by atoms with Crippen molar-refractivity contribution in [2.45, 2.75) is 56.6 Å². The van der Waals surface area contributed by atoms with Crippen LogP contribution in [0.3, 0.4) is 0 Å². The van der Waals surface area contributed by atoms with Crippen LogP contribution in [-0.4, -0.2) is 42.2 Å². The molecule has 2 aliphatic rings. The van der Waals surface area contributed by atoms with Crippen molar-refractivity contribution < 1.29 is 19.4 Å². The minimum absolute atomic E-state index is 0.0602. The number of ether oxygens (including phenoxy) is 2. The molecule has 43 heavy (non-hydrogen) atoms. The predicted molar refractivity (Wildman–Crippen MR) is 169 cm³/mol. The second kappa shape index (κ2) is 14.6. The van der Waals surface area contributed by atoms with Crippen molar-refractivity contribution in [2.75, 3.05) is 19.8 Å². The number of halogens is 1. The summed E-state index contributed by atoms with van der Waals surface area (Å²) in [4.78, 5) is 22.6. The van der Waals surface area contributed by atoms with Crippen molar-refractivity contribution in [1.29, 1.82) is 0 Å². The summed E-state index contributed by atoms with van der Waals surface area (Å²) in [5.41, 5.74) is 10.6. The van der Waals surface area contributed by atoms with E-state index in [1.165, 1.54) is 19.3 Å². The third kappa shape index (κ3) is 7.39. The quantitative estimate of drug-likeness (QED) is 0.0923. The number of aliphatic imine (C=N–C) groups is 1. The molecule has 0 unspecified atom stereocenters. The summed E-state index contributed by atoms with van der Waals surface area (Å²) in [6.45, 7) is 1.05. The second-order valence-corrected chi connectivity index (χ2v) is 12.0. The highest BCUT2D eigenvalue weighted by molar-refractivity contribution is 9.10. The van der Waals surface area contributed by atoms with Crippen molar-refractivity contribution in [3.63, 3.8) is 0 Å². The first-order valence-corrected chi connectivity index (χ1v) is 15.6. The summed E-state index contributed by atoms with van der Waals surface area (Å²) in [6.07, 6.45) is 5.76. The minimum Gasteiger partial charge on any atom is -0.494 e. The van der Waals surface area contributed by atoms with Crippen LogP contribution in [0.2, 0.25) is 0 Å². The predicted octanol–water partition coefficient (Wildman–Crippen LogP) is 7.35. The first kappa shape index (κ1) is 30.6. The molecule has 1 heterocycles. The lowest BCUT2D eigenvalue weighted by atomic mass is 9.81. The van der Waals surface area contributed by atoms with Crippen LogP contribution in [0.15, 0.2) is 87.4 Å². The lowest BCUT2D eigenvalue weighted by molar-refractivity contribution is -0.129. The zero-order chi connectivity index (χ0) is 30.1. The van der Waals surface area contributed by atoms with Gasteiger partial charge in [0, 0.05) is 52.2 Å². The number of rotatable bonds is 12. The fourth-order valence-electron chi connectivity index (χ4n) is 5.80. The van der Waals surface area contributed by atoms with Gasteiger partial charge in [-0.1, -0.05) is 76.7 Å². The van der Waals surface area contributed by atoms with Gasteiger partial charge < -0.3 is 19.9 Å². The number of carbonyl (C=O) groups is 1. The van der Waals surface area contributed by atoms with E-state index in [1.54, 1.807) is 12.1 Å². The smallest absolute Gasteiger partial charge is 0.252 e. The highest BCUT2D eigenvalue weighted by Gasteiger charge is 2.53. The zero-order valence-electron chi connectivity index (χ0n) is 24.0. The fraction of sp³-hybridized carbons (Fsp3) is 0.394. The van der Waals surface area contributed by atoms with E-state index in [9.17, 15) is 10.3 Å². The van der Waals surface area contributed by atoms with Gasteiger partial charge in [0.1, 0.15) is 5.75 Å². The SMILES string of the molecule is [N-]=[N+]=Nc1ccccc1[C@H]1OC(c2ccc(OCCCO)cc2)=N[C@@]1(Cc1ccc(Br)cc1)C(=O)NCC1CCCCC1. The molecule has 0 radical (unpaired) electrons. The van der Waals surface area contributed by atoms with E-state index in [0.717, 1.165) is 22.9 Å². The van der Waals surface area contributed by atoms with E-state index < -0.39 is 11.6 Å². The number of aliphatic hydroxyl groups excluding tert-OH is 1. The number of nitrogens with one attached hydrogen (secondary N) is 1. The molecule has 0 saturated heterocycles. The van der Waals surface area contributed by atoms with Crippen LogP contribution >= 0.6 is 15.9 Å². The van der Waals surface area contributed by atoms with Gasteiger partial charge in [-0.15, -0.1) is 0 Å². The summed E-state index contributed by atoms with van der Waals surface area (Å²) in [7, 11) is 0. The number of aliphatic hydroxyl groups is 1. The summed E-state index contributed by atoms with van der Waals surface area (Å²) < 4.78 is 13.2. The molecule has 5 rings (SSSR count). The van der Waals surface area contributed by atoms with Crippen molar-refractivity contribution >= 4 is 33.4 Å². The number of azide groups is 1. The maximum atomic E-state index is 14.5. The van der Waals surface area contributed by atoms with Gasteiger partial charge in [0.2, 0.25) is 5.90 Å². The van der Waals surface area contributed by atoms with Gasteiger partial charge in [0.25, 0.3) is 5.91 Å². The number of carbonyl (C=O) groups excluding carboxylic acids is 1. The molecular formula is C33H36BrN5O4. The van der Waals surface area contributed by atoms with Gasteiger partial charge in [0.05, 0.1) is 6.61 Å². The largest absolute Gasteiger partial charge is 0.494 e. The monoisotopic (exact) mass is 645 g/mol. The average Bonchev–Trinajstić information content (AvgIpc) is 3.42. The first-order chi connectivity index (χ1) is 21.0. The maximum absolute atomic E-state index is 14.5. The lowest BCUT2D eigenvalue weighted by Gasteiger charge is -2.32. The Morgan fingerprint density at radius 1 is 1.09 bits per heavy atom. The Hall–Kier alpha value is -3.85. The number of amides is 1. The Kier molecular flexibility index (Phi) is 10.4. The Balaban J connectivity index is 1.57. The topological polar surface area (TPSA) is 129 Å². The van der Waals surface area contributed by atoms with Crippen LogP contribution in [-0.2, 0) is 16.0 Å². The molecular weight excluding hydrogens is 610 g/mol. The summed E-state index contributed by atoms with van der Waals surface area (Å²) >= 11 is 3.51. The standard InChI is InChI=1S/C33H36BrN5O4/c34-26-15-11-23(12-16-26)21-33(32(41)36-22-24-7-2-1-3-8-24)30(28-9-4-5-10-29(28)38-39-35)43-31(37-33)25-13-17-27(18-14-25)42-20-6-19-40/h4-5,9-18,24,30,40H,1-3,6-8,19-22H2,(H,36,41)/t30-,33-/m1/s1. The molecule has 0 bridgehead atoms. The fourth-order valence-corrected chi connectivity index (χ4v) is 6.07. The van der Waals surface area contributed by atoms with Crippen LogP contribution in [0.5, 0.6) is 5.75 Å². The molecule has 1 amide bonds. The summed E-state index contributed by atoms with van der Waals surface area (Å²) in [5.74, 6) is 1.20. The molecule has 0 aromatic heterocycles. The first-order valence-electron chi connectivity index (χ1n) is 14.8. The Morgan fingerprint density at radius 3 is 2.56 bits per heavy atom. The maximum Gasteiger partial charge on any atom is 0.252 e. The Morgan fingerprint density at radius 2 is 1.84 bits per heavy atom. The van der Waals surface area contributed by atoms with Crippen molar-refractivity contribution in [3.05, 3.63) is 104 Å². The Bertz CT molecular complexity index is 1470. The van der Waals surface area contributed by atoms with E-state index in [0.29, 0.717) is 54.0 Å². The van der Waals surface area contributed by atoms with E-state index in [4.69, 9.17) is 19.6 Å². The highest BCUT2D eigenvalue weighted by atomic mass is 79.9. The molecule has 224 valence electrons. The second-order valence-electron chi connectivity index (χ2n) is 11.1. The molecule has 9 nitrogen and oxygen atoms in total. The lowest BCUT2D eigenvalue weighted by Crippen LogP contribution is -2.51.